The zero-order chi connectivity index (χ0) is 14.6. The smallest absolute Gasteiger partial charge is 0.137 e. The summed E-state index contributed by atoms with van der Waals surface area (Å²) in [4.78, 5) is 0. The number of aliphatic hydroxyl groups excluding tert-OH is 1. The second kappa shape index (κ2) is 6.51. The second-order valence-electron chi connectivity index (χ2n) is 5.05. The third-order valence-corrected chi connectivity index (χ3v) is 4.81. The quantitative estimate of drug-likeness (QED) is 0.853. The van der Waals surface area contributed by atoms with Crippen LogP contribution < -0.4 is 0 Å². The van der Waals surface area contributed by atoms with Crippen molar-refractivity contribution in [3.05, 3.63) is 69.9 Å². The molecule has 1 atom stereocenters. The van der Waals surface area contributed by atoms with Crippen LogP contribution in [0.1, 0.15) is 24.5 Å². The van der Waals surface area contributed by atoms with Gasteiger partial charge in [-0.25, -0.2) is 4.39 Å². The molecule has 1 N–H and O–H groups in total. The number of rotatable bonds is 5. The Kier molecular flexibility index (Phi) is 4.95. The molecule has 20 heavy (non-hydrogen) atoms. The lowest BCUT2D eigenvalue weighted by molar-refractivity contribution is 0.186. The van der Waals surface area contributed by atoms with Crippen LogP contribution in [0.4, 0.5) is 4.39 Å². The zero-order valence-electron chi connectivity index (χ0n) is 11.4. The number of hydrogen-bond donors (Lipinski definition) is 1. The molecule has 2 aromatic carbocycles. The molecule has 0 aliphatic rings. The molecule has 0 bridgehead atoms. The van der Waals surface area contributed by atoms with Gasteiger partial charge < -0.3 is 5.11 Å². The molecular formula is C17H18BrFO. The summed E-state index contributed by atoms with van der Waals surface area (Å²) < 4.78 is 14.1. The maximum atomic E-state index is 13.7. The summed E-state index contributed by atoms with van der Waals surface area (Å²) in [6, 6.07) is 15.0. The first-order valence-corrected chi connectivity index (χ1v) is 7.51. The van der Waals surface area contributed by atoms with E-state index in [0.717, 1.165) is 17.5 Å². The highest BCUT2D eigenvalue weighted by molar-refractivity contribution is 9.10. The summed E-state index contributed by atoms with van der Waals surface area (Å²) in [5.74, 6) is -0.265. The lowest BCUT2D eigenvalue weighted by Gasteiger charge is -2.32. The van der Waals surface area contributed by atoms with Crippen molar-refractivity contribution in [3.63, 3.8) is 0 Å². The molecule has 2 aromatic rings. The number of benzene rings is 2. The molecular weight excluding hydrogens is 319 g/mol. The van der Waals surface area contributed by atoms with Crippen molar-refractivity contribution in [2.45, 2.75) is 25.2 Å². The summed E-state index contributed by atoms with van der Waals surface area (Å²) in [7, 11) is 0. The van der Waals surface area contributed by atoms with Gasteiger partial charge in [0.1, 0.15) is 5.82 Å². The highest BCUT2D eigenvalue weighted by Gasteiger charge is 2.30. The van der Waals surface area contributed by atoms with Gasteiger partial charge in [-0.3, -0.25) is 0 Å². The van der Waals surface area contributed by atoms with Crippen molar-refractivity contribution in [2.24, 2.45) is 0 Å². The molecule has 0 heterocycles. The first kappa shape index (κ1) is 15.2. The Morgan fingerprint density at radius 3 is 2.40 bits per heavy atom. The van der Waals surface area contributed by atoms with Gasteiger partial charge in [-0.15, -0.1) is 0 Å². The molecule has 2 rings (SSSR count). The van der Waals surface area contributed by atoms with Crippen LogP contribution in [-0.2, 0) is 11.8 Å². The first-order chi connectivity index (χ1) is 9.63. The largest absolute Gasteiger partial charge is 0.395 e. The van der Waals surface area contributed by atoms with E-state index in [9.17, 15) is 9.50 Å². The minimum Gasteiger partial charge on any atom is -0.395 e. The van der Waals surface area contributed by atoms with Gasteiger partial charge in [-0.1, -0.05) is 49.4 Å². The number of aliphatic hydroxyl groups is 1. The van der Waals surface area contributed by atoms with E-state index in [-0.39, 0.29) is 17.8 Å². The second-order valence-corrected chi connectivity index (χ2v) is 5.84. The zero-order valence-corrected chi connectivity index (χ0v) is 13.0. The standard InChI is InChI=1S/C17H18BrFO/c1-2-17(12-20,14-8-4-3-5-9-14)11-13-7-6-10-15(19)16(13)18/h3-10,20H,2,11-12H2,1H3. The molecule has 0 fully saturated rings. The van der Waals surface area contributed by atoms with E-state index in [4.69, 9.17) is 0 Å². The topological polar surface area (TPSA) is 20.2 Å². The minimum absolute atomic E-state index is 0.0382. The number of halogens is 2. The monoisotopic (exact) mass is 336 g/mol. The van der Waals surface area contributed by atoms with E-state index < -0.39 is 0 Å². The molecule has 0 aliphatic heterocycles. The van der Waals surface area contributed by atoms with Gasteiger partial charge in [0.15, 0.2) is 0 Å². The molecule has 1 nitrogen and oxygen atoms in total. The number of hydrogen-bond acceptors (Lipinski definition) is 1. The van der Waals surface area contributed by atoms with Gasteiger partial charge >= 0.3 is 0 Å². The molecule has 106 valence electrons. The first-order valence-electron chi connectivity index (χ1n) is 6.72. The Morgan fingerprint density at radius 2 is 1.80 bits per heavy atom. The van der Waals surface area contributed by atoms with E-state index in [1.807, 2.05) is 36.4 Å². The fourth-order valence-electron chi connectivity index (χ4n) is 2.53. The summed E-state index contributed by atoms with van der Waals surface area (Å²) >= 11 is 3.31. The SMILES string of the molecule is CCC(CO)(Cc1cccc(F)c1Br)c1ccccc1. The Labute approximate surface area is 127 Å². The molecule has 0 saturated heterocycles. The van der Waals surface area contributed by atoms with E-state index in [0.29, 0.717) is 10.9 Å². The van der Waals surface area contributed by atoms with Gasteiger partial charge in [0.05, 0.1) is 11.1 Å². The molecule has 0 aliphatic carbocycles. The summed E-state index contributed by atoms with van der Waals surface area (Å²) in [5.41, 5.74) is 1.59. The van der Waals surface area contributed by atoms with Crippen LogP contribution in [0.3, 0.4) is 0 Å². The van der Waals surface area contributed by atoms with Crippen molar-refractivity contribution in [3.8, 4) is 0 Å². The third kappa shape index (κ3) is 2.94. The Hall–Kier alpha value is -1.19. The van der Waals surface area contributed by atoms with E-state index >= 15 is 0 Å². The Balaban J connectivity index is 2.42. The average Bonchev–Trinajstić information content (AvgIpc) is 2.50. The lowest BCUT2D eigenvalue weighted by atomic mass is 9.74. The molecule has 3 heteroatoms. The highest BCUT2D eigenvalue weighted by Crippen LogP contribution is 2.34. The molecule has 0 spiro atoms. The predicted molar refractivity (Wildman–Crippen MR) is 83.3 cm³/mol. The van der Waals surface area contributed by atoms with Crippen molar-refractivity contribution >= 4 is 15.9 Å². The van der Waals surface area contributed by atoms with Gasteiger partial charge in [-0.2, -0.15) is 0 Å². The summed E-state index contributed by atoms with van der Waals surface area (Å²) in [6.45, 7) is 2.09. The average molecular weight is 337 g/mol. The summed E-state index contributed by atoms with van der Waals surface area (Å²) in [5, 5.41) is 9.94. The fraction of sp³-hybridized carbons (Fsp3) is 0.294. The van der Waals surface area contributed by atoms with Crippen molar-refractivity contribution in [1.29, 1.82) is 0 Å². The predicted octanol–water partition coefficient (Wildman–Crippen LogP) is 4.47. The molecule has 0 radical (unpaired) electrons. The van der Waals surface area contributed by atoms with Crippen LogP contribution in [0, 0.1) is 5.82 Å². The lowest BCUT2D eigenvalue weighted by Crippen LogP contribution is -2.32. The maximum Gasteiger partial charge on any atom is 0.137 e. The molecule has 1 unspecified atom stereocenters. The van der Waals surface area contributed by atoms with E-state index in [1.165, 1.54) is 6.07 Å². The molecule has 0 amide bonds. The van der Waals surface area contributed by atoms with E-state index in [2.05, 4.69) is 22.9 Å². The van der Waals surface area contributed by atoms with Crippen LogP contribution in [-0.4, -0.2) is 11.7 Å². The van der Waals surface area contributed by atoms with Crippen LogP contribution in [0.2, 0.25) is 0 Å². The van der Waals surface area contributed by atoms with Crippen LogP contribution in [0.25, 0.3) is 0 Å². The van der Waals surface area contributed by atoms with E-state index in [1.54, 1.807) is 6.07 Å². The minimum atomic E-state index is -0.377. The van der Waals surface area contributed by atoms with Crippen LogP contribution in [0.5, 0.6) is 0 Å². The molecule has 0 aromatic heterocycles. The van der Waals surface area contributed by atoms with Gasteiger partial charge in [0.2, 0.25) is 0 Å². The van der Waals surface area contributed by atoms with Crippen molar-refractivity contribution in [2.75, 3.05) is 6.61 Å². The Morgan fingerprint density at radius 1 is 1.10 bits per heavy atom. The van der Waals surface area contributed by atoms with Crippen LogP contribution >= 0.6 is 15.9 Å². The summed E-state index contributed by atoms with van der Waals surface area (Å²) in [6.07, 6.45) is 1.39. The van der Waals surface area contributed by atoms with Gasteiger partial charge in [0.25, 0.3) is 0 Å². The Bertz CT molecular complexity index is 564. The normalized spacial score (nSPS) is 14.0. The van der Waals surface area contributed by atoms with Crippen molar-refractivity contribution < 1.29 is 9.50 Å². The third-order valence-electron chi connectivity index (χ3n) is 3.93. The van der Waals surface area contributed by atoms with Gasteiger partial charge in [-0.05, 0) is 46.0 Å². The molecule has 0 saturated carbocycles. The van der Waals surface area contributed by atoms with Gasteiger partial charge in [0, 0.05) is 5.41 Å². The fourth-order valence-corrected chi connectivity index (χ4v) is 2.94. The van der Waals surface area contributed by atoms with Crippen LogP contribution in [0.15, 0.2) is 53.0 Å². The highest BCUT2D eigenvalue weighted by atomic mass is 79.9. The maximum absolute atomic E-state index is 13.7. The van der Waals surface area contributed by atoms with Crippen molar-refractivity contribution in [1.82, 2.24) is 0 Å².